The van der Waals surface area contributed by atoms with Gasteiger partial charge in [0.2, 0.25) is 5.91 Å². The smallest absolute Gasteiger partial charge is 0.221 e. The minimum atomic E-state index is -0.0772. The van der Waals surface area contributed by atoms with Crippen LogP contribution in [0.4, 0.5) is 0 Å². The molecule has 5 heteroatoms. The maximum atomic E-state index is 12.8. The van der Waals surface area contributed by atoms with Crippen molar-refractivity contribution < 1.29 is 14.3 Å². The number of aryl methyl sites for hydroxylation is 1. The Morgan fingerprint density at radius 1 is 1.00 bits per heavy atom. The Bertz CT molecular complexity index is 1200. The number of hydrogen-bond donors (Lipinski definition) is 2. The Morgan fingerprint density at radius 2 is 1.79 bits per heavy atom. The zero-order valence-corrected chi connectivity index (χ0v) is 19.8. The molecule has 4 rings (SSSR count). The SMILES string of the molecule is CCc1cccc2c([C@@H](CC(=O)NCCOC)c3ccc(OCc4ccccc4)cc3)c[nH]c12. The van der Waals surface area contributed by atoms with Crippen LogP contribution in [0, 0.1) is 0 Å². The minimum Gasteiger partial charge on any atom is -0.489 e. The van der Waals surface area contributed by atoms with E-state index in [4.69, 9.17) is 9.47 Å². The second kappa shape index (κ2) is 11.5. The lowest BCUT2D eigenvalue weighted by Crippen LogP contribution is -2.28. The average Bonchev–Trinajstić information content (AvgIpc) is 3.31. The number of H-pyrrole nitrogens is 1. The lowest BCUT2D eigenvalue weighted by atomic mass is 9.87. The molecule has 0 aliphatic carbocycles. The summed E-state index contributed by atoms with van der Waals surface area (Å²) < 4.78 is 11.0. The lowest BCUT2D eigenvalue weighted by Gasteiger charge is -2.18. The molecular weight excluding hydrogens is 424 g/mol. The fourth-order valence-corrected chi connectivity index (χ4v) is 4.32. The minimum absolute atomic E-state index is 0.00690. The molecule has 0 radical (unpaired) electrons. The largest absolute Gasteiger partial charge is 0.489 e. The van der Waals surface area contributed by atoms with E-state index < -0.39 is 0 Å². The second-order valence-electron chi connectivity index (χ2n) is 8.38. The van der Waals surface area contributed by atoms with Gasteiger partial charge >= 0.3 is 0 Å². The van der Waals surface area contributed by atoms with Crippen LogP contribution in [0.1, 0.15) is 41.5 Å². The molecule has 0 fully saturated rings. The summed E-state index contributed by atoms with van der Waals surface area (Å²) in [5.41, 5.74) is 5.76. The Kier molecular flexibility index (Phi) is 7.99. The summed E-state index contributed by atoms with van der Waals surface area (Å²) in [6, 6.07) is 24.6. The van der Waals surface area contributed by atoms with Crippen molar-refractivity contribution in [1.29, 1.82) is 0 Å². The first-order chi connectivity index (χ1) is 16.7. The Balaban J connectivity index is 1.58. The first-order valence-corrected chi connectivity index (χ1v) is 11.8. The zero-order chi connectivity index (χ0) is 23.8. The van der Waals surface area contributed by atoms with Gasteiger partial charge in [0.05, 0.1) is 6.61 Å². The van der Waals surface area contributed by atoms with Crippen molar-refractivity contribution in [2.24, 2.45) is 0 Å². The highest BCUT2D eigenvalue weighted by Gasteiger charge is 2.22. The van der Waals surface area contributed by atoms with Gasteiger partial charge in [-0.1, -0.05) is 67.6 Å². The number of aromatic nitrogens is 1. The summed E-state index contributed by atoms with van der Waals surface area (Å²) in [5.74, 6) is 0.738. The lowest BCUT2D eigenvalue weighted by molar-refractivity contribution is -0.121. The molecule has 1 aromatic heterocycles. The van der Waals surface area contributed by atoms with Crippen LogP contribution in [-0.4, -0.2) is 31.2 Å². The van der Waals surface area contributed by atoms with Crippen LogP contribution in [0.3, 0.4) is 0 Å². The molecule has 0 aliphatic heterocycles. The van der Waals surface area contributed by atoms with Gasteiger partial charge in [0, 0.05) is 43.1 Å². The summed E-state index contributed by atoms with van der Waals surface area (Å²) in [4.78, 5) is 16.2. The van der Waals surface area contributed by atoms with E-state index in [1.807, 2.05) is 42.5 Å². The van der Waals surface area contributed by atoms with E-state index in [1.54, 1.807) is 7.11 Å². The number of amides is 1. The fraction of sp³-hybridized carbons (Fsp3) is 0.276. The number of carbonyl (C=O) groups excluding carboxylic acids is 1. The standard InChI is InChI=1S/C29H32N2O3/c1-3-22-10-7-11-25-27(19-31-29(22)25)26(18-28(32)30-16-17-33-2)23-12-14-24(15-13-23)34-20-21-8-5-4-6-9-21/h4-15,19,26,31H,3,16-18,20H2,1-2H3,(H,30,32)/t26-/m0/s1. The maximum Gasteiger partial charge on any atom is 0.221 e. The van der Waals surface area contributed by atoms with Crippen molar-refractivity contribution >= 4 is 16.8 Å². The van der Waals surface area contributed by atoms with Crippen LogP contribution >= 0.6 is 0 Å². The van der Waals surface area contributed by atoms with Crippen molar-refractivity contribution in [2.75, 3.05) is 20.3 Å². The number of methoxy groups -OCH3 is 1. The number of nitrogens with one attached hydrogen (secondary N) is 2. The maximum absolute atomic E-state index is 12.8. The van der Waals surface area contributed by atoms with Gasteiger partial charge in [0.1, 0.15) is 12.4 Å². The fourth-order valence-electron chi connectivity index (χ4n) is 4.32. The third-order valence-electron chi connectivity index (χ3n) is 6.14. The van der Waals surface area contributed by atoms with Crippen molar-refractivity contribution in [1.82, 2.24) is 10.3 Å². The van der Waals surface area contributed by atoms with Gasteiger partial charge in [-0.15, -0.1) is 0 Å². The molecule has 34 heavy (non-hydrogen) atoms. The molecule has 0 bridgehead atoms. The van der Waals surface area contributed by atoms with Crippen LogP contribution in [-0.2, 0) is 22.6 Å². The Morgan fingerprint density at radius 3 is 2.53 bits per heavy atom. The van der Waals surface area contributed by atoms with E-state index in [2.05, 4.69) is 53.8 Å². The van der Waals surface area contributed by atoms with Gasteiger partial charge in [-0.05, 0) is 40.8 Å². The molecule has 0 spiro atoms. The topological polar surface area (TPSA) is 63.4 Å². The van der Waals surface area contributed by atoms with Crippen LogP contribution < -0.4 is 10.1 Å². The van der Waals surface area contributed by atoms with Gasteiger partial charge in [0.25, 0.3) is 0 Å². The molecule has 0 aliphatic rings. The normalized spacial score (nSPS) is 11.9. The van der Waals surface area contributed by atoms with Crippen molar-refractivity contribution in [3.8, 4) is 5.75 Å². The summed E-state index contributed by atoms with van der Waals surface area (Å²) in [6.07, 6.45) is 3.36. The van der Waals surface area contributed by atoms with Crippen molar-refractivity contribution in [2.45, 2.75) is 32.3 Å². The van der Waals surface area contributed by atoms with E-state index in [9.17, 15) is 4.79 Å². The van der Waals surface area contributed by atoms with Crippen molar-refractivity contribution in [3.05, 3.63) is 101 Å². The first-order valence-electron chi connectivity index (χ1n) is 11.8. The molecule has 1 amide bonds. The predicted octanol–water partition coefficient (Wildman–Crippen LogP) is 5.59. The summed E-state index contributed by atoms with van der Waals surface area (Å²) >= 11 is 0. The van der Waals surface area contributed by atoms with Crippen LogP contribution in [0.2, 0.25) is 0 Å². The van der Waals surface area contributed by atoms with Gasteiger partial charge in [0.15, 0.2) is 0 Å². The molecule has 5 nitrogen and oxygen atoms in total. The molecule has 2 N–H and O–H groups in total. The molecule has 1 atom stereocenters. The summed E-state index contributed by atoms with van der Waals surface area (Å²) in [7, 11) is 1.63. The third kappa shape index (κ3) is 5.67. The van der Waals surface area contributed by atoms with Crippen LogP contribution in [0.25, 0.3) is 10.9 Å². The number of carbonyl (C=O) groups is 1. The quantitative estimate of drug-likeness (QED) is 0.289. The molecule has 0 unspecified atom stereocenters. The van der Waals surface area contributed by atoms with Crippen LogP contribution in [0.15, 0.2) is 79.0 Å². The molecule has 0 saturated heterocycles. The van der Waals surface area contributed by atoms with Crippen LogP contribution in [0.5, 0.6) is 5.75 Å². The molecular formula is C29H32N2O3. The van der Waals surface area contributed by atoms with E-state index in [0.717, 1.165) is 34.4 Å². The Labute approximate surface area is 201 Å². The molecule has 3 aromatic carbocycles. The number of hydrogen-bond acceptors (Lipinski definition) is 3. The summed E-state index contributed by atoms with van der Waals surface area (Å²) in [5, 5.41) is 4.13. The van der Waals surface area contributed by atoms with Crippen molar-refractivity contribution in [3.63, 3.8) is 0 Å². The first kappa shape index (κ1) is 23.6. The molecule has 4 aromatic rings. The number of ether oxygens (including phenoxy) is 2. The monoisotopic (exact) mass is 456 g/mol. The summed E-state index contributed by atoms with van der Waals surface area (Å²) in [6.45, 7) is 3.68. The van der Waals surface area contributed by atoms with Gasteiger partial charge in [-0.3, -0.25) is 4.79 Å². The number of rotatable bonds is 11. The van der Waals surface area contributed by atoms with E-state index >= 15 is 0 Å². The third-order valence-corrected chi connectivity index (χ3v) is 6.14. The van der Waals surface area contributed by atoms with Gasteiger partial charge in [-0.25, -0.2) is 0 Å². The predicted molar refractivity (Wildman–Crippen MR) is 136 cm³/mol. The van der Waals surface area contributed by atoms with E-state index in [0.29, 0.717) is 26.2 Å². The van der Waals surface area contributed by atoms with Gasteiger partial charge < -0.3 is 19.8 Å². The zero-order valence-electron chi connectivity index (χ0n) is 19.8. The highest BCUT2D eigenvalue weighted by atomic mass is 16.5. The second-order valence-corrected chi connectivity index (χ2v) is 8.38. The van der Waals surface area contributed by atoms with E-state index in [-0.39, 0.29) is 11.8 Å². The number of para-hydroxylation sites is 1. The number of fused-ring (bicyclic) bond motifs is 1. The van der Waals surface area contributed by atoms with Gasteiger partial charge in [-0.2, -0.15) is 0 Å². The molecule has 1 heterocycles. The van der Waals surface area contributed by atoms with E-state index in [1.165, 1.54) is 10.9 Å². The highest BCUT2D eigenvalue weighted by molar-refractivity contribution is 5.88. The molecule has 0 saturated carbocycles. The number of aromatic amines is 1. The average molecular weight is 457 g/mol. The number of benzene rings is 3. The highest BCUT2D eigenvalue weighted by Crippen LogP contribution is 2.35. The molecule has 176 valence electrons. The Hall–Kier alpha value is -3.57.